The molecular weight excluding hydrogens is 332 g/mol. The summed E-state index contributed by atoms with van der Waals surface area (Å²) in [5, 5.41) is 11.1. The molecule has 1 fully saturated rings. The first-order chi connectivity index (χ1) is 12.7. The number of furan rings is 1. The zero-order valence-corrected chi connectivity index (χ0v) is 14.9. The Kier molecular flexibility index (Phi) is 4.70. The molecule has 138 valence electrons. The van der Waals surface area contributed by atoms with Gasteiger partial charge in [0.15, 0.2) is 6.17 Å². The number of aryl methyl sites for hydroxylation is 1. The molecule has 2 aliphatic heterocycles. The van der Waals surface area contributed by atoms with Crippen molar-refractivity contribution in [2.24, 2.45) is 4.99 Å². The number of allylic oxidation sites excluding steroid dienone is 1. The van der Waals surface area contributed by atoms with E-state index in [1.807, 2.05) is 43.5 Å². The van der Waals surface area contributed by atoms with Gasteiger partial charge >= 0.3 is 0 Å². The Balaban J connectivity index is 1.49. The molecule has 0 aliphatic carbocycles. The van der Waals surface area contributed by atoms with E-state index in [2.05, 4.69) is 9.89 Å². The van der Waals surface area contributed by atoms with Crippen molar-refractivity contribution in [3.63, 3.8) is 0 Å². The summed E-state index contributed by atoms with van der Waals surface area (Å²) in [6.07, 6.45) is 7.08. The lowest BCUT2D eigenvalue weighted by Gasteiger charge is -2.47. The predicted molar refractivity (Wildman–Crippen MR) is 99.6 cm³/mol. The topological polar surface area (TPSA) is 67.4 Å². The van der Waals surface area contributed by atoms with Crippen molar-refractivity contribution in [1.29, 1.82) is 0 Å². The van der Waals surface area contributed by atoms with E-state index in [-0.39, 0.29) is 18.3 Å². The van der Waals surface area contributed by atoms with E-state index in [0.717, 1.165) is 35.3 Å². The van der Waals surface area contributed by atoms with Crippen LogP contribution in [0.25, 0.3) is 11.0 Å². The van der Waals surface area contributed by atoms with Gasteiger partial charge in [0.25, 0.3) is 0 Å². The number of nitrogens with zero attached hydrogens (tertiary/aromatic N) is 2. The monoisotopic (exact) mass is 356 g/mol. The highest BCUT2D eigenvalue weighted by Gasteiger charge is 2.40. The van der Waals surface area contributed by atoms with Gasteiger partial charge < -0.3 is 23.9 Å². The second kappa shape index (κ2) is 7.13. The van der Waals surface area contributed by atoms with Crippen LogP contribution in [0.4, 0.5) is 0 Å². The fourth-order valence-electron chi connectivity index (χ4n) is 3.71. The lowest BCUT2D eigenvalue weighted by molar-refractivity contribution is -0.0566. The van der Waals surface area contributed by atoms with Gasteiger partial charge in [0.2, 0.25) is 0 Å². The van der Waals surface area contributed by atoms with E-state index in [1.165, 1.54) is 0 Å². The first-order valence-electron chi connectivity index (χ1n) is 9.00. The Morgan fingerprint density at radius 2 is 2.15 bits per heavy atom. The van der Waals surface area contributed by atoms with E-state index < -0.39 is 0 Å². The molecule has 4 rings (SSSR count). The molecule has 1 aromatic carbocycles. The molecule has 1 N–H and O–H groups in total. The Labute approximate surface area is 152 Å². The van der Waals surface area contributed by atoms with Gasteiger partial charge in [0, 0.05) is 31.0 Å². The molecule has 0 amide bonds. The van der Waals surface area contributed by atoms with Crippen LogP contribution in [0.2, 0.25) is 0 Å². The highest BCUT2D eigenvalue weighted by atomic mass is 16.5. The van der Waals surface area contributed by atoms with Gasteiger partial charge in [0.1, 0.15) is 23.7 Å². The number of benzene rings is 1. The summed E-state index contributed by atoms with van der Waals surface area (Å²) < 4.78 is 17.1. The zero-order chi connectivity index (χ0) is 18.0. The smallest absolute Gasteiger partial charge is 0.155 e. The molecular formula is C20H24N2O4. The highest BCUT2D eigenvalue weighted by molar-refractivity contribution is 5.79. The summed E-state index contributed by atoms with van der Waals surface area (Å²) in [4.78, 5) is 6.71. The molecule has 0 bridgehead atoms. The summed E-state index contributed by atoms with van der Waals surface area (Å²) in [5.74, 6) is 1.67. The van der Waals surface area contributed by atoms with Gasteiger partial charge in [-0.3, -0.25) is 4.99 Å². The third-order valence-electron chi connectivity index (χ3n) is 5.19. The number of rotatable bonds is 5. The SMILES string of the molecule is Cc1cc2cc(OCC3N=CC=CN3C3(CO)CCOCC3)ccc2o1. The number of aliphatic hydroxyl groups excluding tert-OH is 1. The molecule has 2 aromatic rings. The Bertz CT molecular complexity index is 820. The quantitative estimate of drug-likeness (QED) is 0.892. The van der Waals surface area contributed by atoms with Crippen molar-refractivity contribution in [1.82, 2.24) is 4.90 Å². The highest BCUT2D eigenvalue weighted by Crippen LogP contribution is 2.32. The molecule has 6 heteroatoms. The van der Waals surface area contributed by atoms with Crippen molar-refractivity contribution in [2.45, 2.75) is 31.5 Å². The molecule has 0 saturated carbocycles. The molecule has 1 unspecified atom stereocenters. The summed E-state index contributed by atoms with van der Waals surface area (Å²) in [7, 11) is 0. The molecule has 6 nitrogen and oxygen atoms in total. The van der Waals surface area contributed by atoms with Crippen LogP contribution in [-0.4, -0.2) is 54.4 Å². The van der Waals surface area contributed by atoms with Crippen LogP contribution in [0.3, 0.4) is 0 Å². The van der Waals surface area contributed by atoms with Crippen molar-refractivity contribution in [2.75, 3.05) is 26.4 Å². The molecule has 2 aliphatic rings. The number of ether oxygens (including phenoxy) is 2. The molecule has 0 radical (unpaired) electrons. The van der Waals surface area contributed by atoms with E-state index in [1.54, 1.807) is 6.21 Å². The summed E-state index contributed by atoms with van der Waals surface area (Å²) in [6, 6.07) is 7.81. The Morgan fingerprint density at radius 3 is 2.96 bits per heavy atom. The second-order valence-electron chi connectivity index (χ2n) is 6.89. The zero-order valence-electron chi connectivity index (χ0n) is 14.9. The minimum Gasteiger partial charge on any atom is -0.489 e. The van der Waals surface area contributed by atoms with Crippen molar-refractivity contribution < 1.29 is 19.0 Å². The summed E-state index contributed by atoms with van der Waals surface area (Å²) in [5.41, 5.74) is 0.517. The summed E-state index contributed by atoms with van der Waals surface area (Å²) >= 11 is 0. The van der Waals surface area contributed by atoms with Gasteiger partial charge in [-0.1, -0.05) is 0 Å². The average Bonchev–Trinajstić information content (AvgIpc) is 3.06. The maximum atomic E-state index is 10.1. The number of fused-ring (bicyclic) bond motifs is 1. The molecule has 26 heavy (non-hydrogen) atoms. The van der Waals surface area contributed by atoms with Crippen molar-refractivity contribution >= 4 is 17.2 Å². The van der Waals surface area contributed by atoms with Crippen LogP contribution < -0.4 is 4.74 Å². The lowest BCUT2D eigenvalue weighted by atomic mass is 9.88. The minimum atomic E-state index is -0.341. The van der Waals surface area contributed by atoms with Crippen molar-refractivity contribution in [3.05, 3.63) is 42.3 Å². The molecule has 0 spiro atoms. The first kappa shape index (κ1) is 17.1. The van der Waals surface area contributed by atoms with E-state index in [4.69, 9.17) is 13.9 Å². The fraction of sp³-hybridized carbons (Fsp3) is 0.450. The average molecular weight is 356 g/mol. The van der Waals surface area contributed by atoms with Crippen LogP contribution in [0.15, 0.2) is 46.0 Å². The largest absolute Gasteiger partial charge is 0.489 e. The molecule has 1 saturated heterocycles. The fourth-order valence-corrected chi connectivity index (χ4v) is 3.71. The number of hydrogen-bond donors (Lipinski definition) is 1. The third-order valence-corrected chi connectivity index (χ3v) is 5.19. The van der Waals surface area contributed by atoms with Crippen molar-refractivity contribution in [3.8, 4) is 5.75 Å². The molecule has 3 heterocycles. The first-order valence-corrected chi connectivity index (χ1v) is 9.00. The van der Waals surface area contributed by atoms with E-state index >= 15 is 0 Å². The van der Waals surface area contributed by atoms with Gasteiger partial charge in [-0.25, -0.2) is 0 Å². The maximum absolute atomic E-state index is 10.1. The number of aliphatic imine (C=N–C) groups is 1. The summed E-state index contributed by atoms with van der Waals surface area (Å²) in [6.45, 7) is 3.72. The number of hydrogen-bond acceptors (Lipinski definition) is 6. The van der Waals surface area contributed by atoms with Gasteiger partial charge in [-0.05, 0) is 50.1 Å². The second-order valence-corrected chi connectivity index (χ2v) is 6.89. The van der Waals surface area contributed by atoms with Gasteiger partial charge in [0.05, 0.1) is 12.1 Å². The van der Waals surface area contributed by atoms with Crippen LogP contribution in [0, 0.1) is 6.92 Å². The molecule has 1 atom stereocenters. The molecule has 1 aromatic heterocycles. The van der Waals surface area contributed by atoms with Crippen LogP contribution >= 0.6 is 0 Å². The predicted octanol–water partition coefficient (Wildman–Crippen LogP) is 2.89. The van der Waals surface area contributed by atoms with E-state index in [9.17, 15) is 5.11 Å². The minimum absolute atomic E-state index is 0.0764. The van der Waals surface area contributed by atoms with Gasteiger partial charge in [-0.15, -0.1) is 0 Å². The third kappa shape index (κ3) is 3.22. The normalized spacial score (nSPS) is 22.1. The van der Waals surface area contributed by atoms with Crippen LogP contribution in [0.5, 0.6) is 5.75 Å². The maximum Gasteiger partial charge on any atom is 0.155 e. The lowest BCUT2D eigenvalue weighted by Crippen LogP contribution is -2.57. The van der Waals surface area contributed by atoms with Crippen LogP contribution in [-0.2, 0) is 4.74 Å². The van der Waals surface area contributed by atoms with Crippen LogP contribution in [0.1, 0.15) is 18.6 Å². The van der Waals surface area contributed by atoms with E-state index in [0.29, 0.717) is 19.8 Å². The Morgan fingerprint density at radius 1 is 1.31 bits per heavy atom. The standard InChI is InChI=1S/C20H24N2O4/c1-15-11-16-12-17(3-4-18(16)26-15)25-13-19-21-7-2-8-22(19)20(14-23)5-9-24-10-6-20/h2-4,7-8,11-12,19,23H,5-6,9-10,13-14H2,1H3. The number of aliphatic hydroxyl groups is 1. The Hall–Kier alpha value is -2.31. The van der Waals surface area contributed by atoms with Gasteiger partial charge in [-0.2, -0.15) is 0 Å².